The SMILES string of the molecule is Cc1noc(C)c1S(=O)(=O)Nc1ccc2c(c1)CC(=O)N([C@@H](C)CO)C[C@@H](C)[C@@H](CN(C)S(=O)(=O)c1ccc(Cl)cc1)O2. The Morgan fingerprint density at radius 2 is 1.84 bits per heavy atom. The lowest BCUT2D eigenvalue weighted by Crippen LogP contribution is -2.48. The summed E-state index contributed by atoms with van der Waals surface area (Å²) in [7, 11) is -6.52. The van der Waals surface area contributed by atoms with Crippen LogP contribution in [0.1, 0.15) is 30.9 Å². The smallest absolute Gasteiger partial charge is 0.267 e. The van der Waals surface area contributed by atoms with Crippen LogP contribution >= 0.6 is 11.6 Å². The van der Waals surface area contributed by atoms with E-state index in [-0.39, 0.29) is 64.9 Å². The van der Waals surface area contributed by atoms with Crippen molar-refractivity contribution in [1.29, 1.82) is 0 Å². The number of benzene rings is 2. The van der Waals surface area contributed by atoms with Gasteiger partial charge in [0, 0.05) is 35.8 Å². The van der Waals surface area contributed by atoms with Gasteiger partial charge in [0.05, 0.1) is 30.5 Å². The van der Waals surface area contributed by atoms with Gasteiger partial charge in [-0.05, 0) is 63.2 Å². The molecule has 1 aromatic heterocycles. The number of likely N-dealkylation sites (N-methyl/N-ethyl adjacent to an activating group) is 1. The van der Waals surface area contributed by atoms with E-state index in [1.54, 1.807) is 13.0 Å². The molecule has 234 valence electrons. The zero-order valence-corrected chi connectivity index (χ0v) is 26.8. The average Bonchev–Trinajstić information content (AvgIpc) is 3.31. The number of hydrogen-bond acceptors (Lipinski definition) is 9. The van der Waals surface area contributed by atoms with Gasteiger partial charge in [-0.1, -0.05) is 23.7 Å². The molecule has 0 bridgehead atoms. The number of aliphatic hydroxyl groups excluding tert-OH is 1. The fourth-order valence-electron chi connectivity index (χ4n) is 4.91. The van der Waals surface area contributed by atoms with Crippen LogP contribution in [0, 0.1) is 19.8 Å². The van der Waals surface area contributed by atoms with E-state index < -0.39 is 32.2 Å². The molecule has 4 rings (SSSR count). The fourth-order valence-corrected chi connectivity index (χ4v) is 7.60. The maximum absolute atomic E-state index is 13.5. The zero-order valence-electron chi connectivity index (χ0n) is 24.4. The van der Waals surface area contributed by atoms with Gasteiger partial charge in [0.25, 0.3) is 10.0 Å². The molecule has 12 nitrogen and oxygen atoms in total. The number of anilines is 1. The number of nitrogens with one attached hydrogen (secondary N) is 1. The number of amides is 1. The summed E-state index contributed by atoms with van der Waals surface area (Å²) in [5, 5.41) is 14.0. The molecule has 3 atom stereocenters. The van der Waals surface area contributed by atoms with Crippen LogP contribution in [0.25, 0.3) is 0 Å². The molecule has 0 saturated heterocycles. The quantitative estimate of drug-likeness (QED) is 0.353. The number of carbonyl (C=O) groups excluding carboxylic acids is 1. The first-order valence-corrected chi connectivity index (χ1v) is 16.8. The highest BCUT2D eigenvalue weighted by Crippen LogP contribution is 2.31. The van der Waals surface area contributed by atoms with Gasteiger partial charge >= 0.3 is 0 Å². The van der Waals surface area contributed by atoms with Crippen LogP contribution in [0.3, 0.4) is 0 Å². The molecule has 2 heterocycles. The molecule has 1 aliphatic rings. The first kappa shape index (κ1) is 32.7. The summed E-state index contributed by atoms with van der Waals surface area (Å²) in [5.41, 5.74) is 0.777. The summed E-state index contributed by atoms with van der Waals surface area (Å²) in [6, 6.07) is 9.87. The van der Waals surface area contributed by atoms with Gasteiger partial charge in [-0.15, -0.1) is 0 Å². The molecule has 0 radical (unpaired) electrons. The molecule has 3 aromatic rings. The summed E-state index contributed by atoms with van der Waals surface area (Å²) < 4.78 is 68.0. The van der Waals surface area contributed by atoms with Crippen molar-refractivity contribution in [2.75, 3.05) is 31.5 Å². The fraction of sp³-hybridized carbons (Fsp3) is 0.429. The number of nitrogens with zero attached hydrogens (tertiary/aromatic N) is 3. The van der Waals surface area contributed by atoms with Gasteiger partial charge in [-0.25, -0.2) is 16.8 Å². The van der Waals surface area contributed by atoms with Gasteiger partial charge in [-0.3, -0.25) is 9.52 Å². The number of rotatable bonds is 9. The van der Waals surface area contributed by atoms with Crippen molar-refractivity contribution in [1.82, 2.24) is 14.4 Å². The van der Waals surface area contributed by atoms with E-state index in [4.69, 9.17) is 20.9 Å². The number of ether oxygens (including phenoxy) is 1. The highest BCUT2D eigenvalue weighted by atomic mass is 35.5. The molecular formula is C28H35ClN4O8S2. The standard InChI is InChI=1S/C28H35ClN4O8S2/c1-17-14-33(18(2)16-34)27(35)13-21-12-23(31-42(36,37)28-19(3)30-41-20(28)4)8-11-25(21)40-26(17)15-32(5)43(38,39)24-9-6-22(29)7-10-24/h6-12,17-18,26,31,34H,13-16H2,1-5H3/t17-,18+,26-/m1/s1. The third-order valence-corrected chi connectivity index (χ3v) is 11.1. The van der Waals surface area contributed by atoms with Crippen LogP contribution in [0.2, 0.25) is 5.02 Å². The molecule has 0 unspecified atom stereocenters. The van der Waals surface area contributed by atoms with E-state index in [0.29, 0.717) is 16.3 Å². The number of aromatic nitrogens is 1. The van der Waals surface area contributed by atoms with Crippen LogP contribution in [-0.2, 0) is 31.3 Å². The lowest BCUT2D eigenvalue weighted by atomic mass is 10.0. The Labute approximate surface area is 256 Å². The van der Waals surface area contributed by atoms with E-state index >= 15 is 0 Å². The lowest BCUT2D eigenvalue weighted by Gasteiger charge is -2.33. The summed E-state index contributed by atoms with van der Waals surface area (Å²) in [6.45, 7) is 6.43. The molecule has 1 aliphatic heterocycles. The Morgan fingerprint density at radius 1 is 1.16 bits per heavy atom. The molecule has 0 aliphatic carbocycles. The maximum Gasteiger partial charge on any atom is 0.267 e. The summed E-state index contributed by atoms with van der Waals surface area (Å²) >= 11 is 5.94. The third-order valence-electron chi connectivity index (χ3n) is 7.36. The minimum absolute atomic E-state index is 0.0540. The van der Waals surface area contributed by atoms with Crippen molar-refractivity contribution in [2.45, 2.75) is 56.1 Å². The molecule has 2 aromatic carbocycles. The number of halogens is 1. The largest absolute Gasteiger partial charge is 0.488 e. The van der Waals surface area contributed by atoms with Crippen molar-refractivity contribution in [3.8, 4) is 5.75 Å². The lowest BCUT2D eigenvalue weighted by molar-refractivity contribution is -0.134. The predicted octanol–water partition coefficient (Wildman–Crippen LogP) is 3.22. The highest BCUT2D eigenvalue weighted by Gasteiger charge is 2.34. The number of aryl methyl sites for hydroxylation is 2. The normalized spacial score (nSPS) is 18.8. The highest BCUT2D eigenvalue weighted by molar-refractivity contribution is 7.92. The molecule has 0 fully saturated rings. The van der Waals surface area contributed by atoms with Crippen molar-refractivity contribution in [3.63, 3.8) is 0 Å². The Kier molecular flexibility index (Phi) is 9.76. The molecule has 1 amide bonds. The Bertz CT molecular complexity index is 1670. The van der Waals surface area contributed by atoms with Crippen LogP contribution in [0.4, 0.5) is 5.69 Å². The number of carbonyl (C=O) groups is 1. The average molecular weight is 655 g/mol. The molecule has 43 heavy (non-hydrogen) atoms. The van der Waals surface area contributed by atoms with Crippen LogP contribution < -0.4 is 9.46 Å². The Hall–Kier alpha value is -3.17. The van der Waals surface area contributed by atoms with E-state index in [1.807, 2.05) is 6.92 Å². The van der Waals surface area contributed by atoms with Crippen molar-refractivity contribution >= 4 is 43.2 Å². The van der Waals surface area contributed by atoms with Gasteiger partial charge in [0.2, 0.25) is 15.9 Å². The second-order valence-corrected chi connectivity index (χ2v) is 14.8. The Balaban J connectivity index is 1.69. The first-order chi connectivity index (χ1) is 20.1. The molecule has 15 heteroatoms. The molecule has 2 N–H and O–H groups in total. The van der Waals surface area contributed by atoms with Crippen molar-refractivity contribution in [3.05, 3.63) is 64.5 Å². The zero-order chi connectivity index (χ0) is 31.7. The summed E-state index contributed by atoms with van der Waals surface area (Å²) in [5.74, 6) is -0.216. The second kappa shape index (κ2) is 12.8. The van der Waals surface area contributed by atoms with E-state index in [1.165, 1.54) is 66.5 Å². The molecule has 0 saturated carbocycles. The number of aliphatic hydroxyl groups is 1. The van der Waals surface area contributed by atoms with E-state index in [2.05, 4.69) is 9.88 Å². The van der Waals surface area contributed by atoms with Crippen molar-refractivity contribution < 1.29 is 36.0 Å². The first-order valence-electron chi connectivity index (χ1n) is 13.5. The minimum Gasteiger partial charge on any atom is -0.488 e. The monoisotopic (exact) mass is 654 g/mol. The van der Waals surface area contributed by atoms with Gasteiger partial charge in [0.1, 0.15) is 17.5 Å². The second-order valence-electron chi connectivity index (χ2n) is 10.7. The van der Waals surface area contributed by atoms with Crippen LogP contribution in [0.15, 0.2) is 56.8 Å². The maximum atomic E-state index is 13.5. The number of hydrogen-bond donors (Lipinski definition) is 2. The van der Waals surface area contributed by atoms with Crippen LogP contribution in [-0.4, -0.2) is 81.1 Å². The Morgan fingerprint density at radius 3 is 2.44 bits per heavy atom. The third kappa shape index (κ3) is 7.15. The van der Waals surface area contributed by atoms with Gasteiger partial charge in [-0.2, -0.15) is 4.31 Å². The topological polar surface area (TPSA) is 159 Å². The van der Waals surface area contributed by atoms with Gasteiger partial charge < -0.3 is 19.3 Å². The minimum atomic E-state index is -4.06. The van der Waals surface area contributed by atoms with E-state index in [0.717, 1.165) is 0 Å². The molecule has 0 spiro atoms. The van der Waals surface area contributed by atoms with Gasteiger partial charge in [0.15, 0.2) is 10.7 Å². The number of fused-ring (bicyclic) bond motifs is 1. The summed E-state index contributed by atoms with van der Waals surface area (Å²) in [4.78, 5) is 15.0. The van der Waals surface area contributed by atoms with Crippen LogP contribution in [0.5, 0.6) is 5.75 Å². The van der Waals surface area contributed by atoms with E-state index in [9.17, 15) is 26.7 Å². The number of sulfonamides is 2. The molecular weight excluding hydrogens is 620 g/mol. The predicted molar refractivity (Wildman–Crippen MR) is 160 cm³/mol. The summed E-state index contributed by atoms with van der Waals surface area (Å²) in [6.07, 6.45) is -0.853. The van der Waals surface area contributed by atoms with Crippen molar-refractivity contribution in [2.24, 2.45) is 5.92 Å².